The Morgan fingerprint density at radius 2 is 2.18 bits per heavy atom. The lowest BCUT2D eigenvalue weighted by Gasteiger charge is -2.04. The molecule has 0 saturated carbocycles. The second kappa shape index (κ2) is 8.93. The fourth-order valence-corrected chi connectivity index (χ4v) is 3.74. The van der Waals surface area contributed by atoms with E-state index in [0.717, 1.165) is 12.0 Å². The van der Waals surface area contributed by atoms with Crippen LogP contribution in [0, 0.1) is 22.2 Å². The fraction of sp³-hybridized carbons (Fsp3) is 0.263. The molecule has 0 bridgehead atoms. The van der Waals surface area contributed by atoms with Crippen molar-refractivity contribution in [2.24, 2.45) is 9.98 Å². The number of ether oxygens (including phenoxy) is 2. The molecule has 2 heterocycles. The van der Waals surface area contributed by atoms with Crippen LogP contribution in [0.4, 0.5) is 5.69 Å². The number of aromatic hydroxyl groups is 1. The van der Waals surface area contributed by atoms with Crippen molar-refractivity contribution >= 4 is 46.9 Å². The number of hydrogen-bond donors (Lipinski definition) is 1. The van der Waals surface area contributed by atoms with Crippen LogP contribution in [-0.4, -0.2) is 35.0 Å². The van der Waals surface area contributed by atoms with Gasteiger partial charge in [-0.25, -0.2) is 4.99 Å². The monoisotopic (exact) mass is 414 g/mol. The fourth-order valence-electron chi connectivity index (χ4n) is 2.46. The minimum Gasteiger partial charge on any atom is -0.493 e. The van der Waals surface area contributed by atoms with E-state index in [1.165, 1.54) is 11.3 Å². The van der Waals surface area contributed by atoms with Crippen LogP contribution in [-0.2, 0) is 16.0 Å². The molecule has 2 aromatic rings. The summed E-state index contributed by atoms with van der Waals surface area (Å²) in [6.07, 6.45) is 2.28. The minimum atomic E-state index is 0.0415. The van der Waals surface area contributed by atoms with Gasteiger partial charge in [0.15, 0.2) is 3.95 Å². The molecule has 0 unspecified atom stereocenters. The van der Waals surface area contributed by atoms with E-state index in [1.54, 1.807) is 17.8 Å². The summed E-state index contributed by atoms with van der Waals surface area (Å²) < 4.78 is 12.8. The largest absolute Gasteiger partial charge is 0.493 e. The van der Waals surface area contributed by atoms with Crippen LogP contribution in [0.1, 0.15) is 16.9 Å². The number of thiazole rings is 1. The molecule has 0 atom stereocenters. The van der Waals surface area contributed by atoms with Gasteiger partial charge >= 0.3 is 0 Å². The minimum absolute atomic E-state index is 0.0415. The maximum atomic E-state index is 10.4. The quantitative estimate of drug-likeness (QED) is 0.560. The van der Waals surface area contributed by atoms with Crippen molar-refractivity contribution in [2.45, 2.75) is 19.9 Å². The molecular formula is C19H18N4O3S2. The van der Waals surface area contributed by atoms with E-state index < -0.39 is 0 Å². The highest BCUT2D eigenvalue weighted by atomic mass is 32.1. The predicted molar refractivity (Wildman–Crippen MR) is 112 cm³/mol. The molecule has 1 aromatic carbocycles. The number of aliphatic imine (C=N–C) groups is 2. The van der Waals surface area contributed by atoms with Gasteiger partial charge in [0.05, 0.1) is 10.6 Å². The molecule has 0 saturated heterocycles. The number of rotatable bonds is 6. The van der Waals surface area contributed by atoms with Crippen molar-refractivity contribution in [3.05, 3.63) is 44.5 Å². The summed E-state index contributed by atoms with van der Waals surface area (Å²) in [5.41, 5.74) is 1.85. The topological polar surface area (TPSA) is 92.1 Å². The summed E-state index contributed by atoms with van der Waals surface area (Å²) in [6, 6.07) is 9.49. The zero-order chi connectivity index (χ0) is 20.1. The van der Waals surface area contributed by atoms with Gasteiger partial charge < -0.3 is 14.6 Å². The van der Waals surface area contributed by atoms with Crippen LogP contribution in [0.25, 0.3) is 6.08 Å². The third-order valence-corrected chi connectivity index (χ3v) is 5.26. The van der Waals surface area contributed by atoms with E-state index in [-0.39, 0.29) is 23.4 Å². The molecule has 0 fully saturated rings. The van der Waals surface area contributed by atoms with Crippen LogP contribution in [0.3, 0.4) is 0 Å². The number of aryl methyl sites for hydroxylation is 1. The van der Waals surface area contributed by atoms with E-state index in [9.17, 15) is 10.4 Å². The number of benzene rings is 1. The smallest absolute Gasteiger partial charge is 0.258 e. The number of methoxy groups -OCH3 is 1. The first-order valence-corrected chi connectivity index (χ1v) is 9.70. The molecule has 0 amide bonds. The van der Waals surface area contributed by atoms with Gasteiger partial charge in [0.1, 0.15) is 6.07 Å². The Hall–Kier alpha value is -2.80. The molecule has 3 rings (SSSR count). The van der Waals surface area contributed by atoms with Crippen LogP contribution in [0.2, 0.25) is 0 Å². The summed E-state index contributed by atoms with van der Waals surface area (Å²) in [6.45, 7) is 3.10. The molecule has 28 heavy (non-hydrogen) atoms. The maximum absolute atomic E-state index is 10.4. The number of hydrogen-bond acceptors (Lipinski definition) is 8. The van der Waals surface area contributed by atoms with Gasteiger partial charge in [-0.2, -0.15) is 10.3 Å². The number of nitrogens with zero attached hydrogens (tertiary/aromatic N) is 4. The Bertz CT molecular complexity index is 1060. The van der Waals surface area contributed by atoms with E-state index in [4.69, 9.17) is 21.7 Å². The Labute approximate surface area is 171 Å². The summed E-state index contributed by atoms with van der Waals surface area (Å²) in [5.74, 6) is 0.345. The molecule has 9 heteroatoms. The van der Waals surface area contributed by atoms with Crippen molar-refractivity contribution < 1.29 is 14.6 Å². The molecule has 7 nitrogen and oxygen atoms in total. The highest BCUT2D eigenvalue weighted by molar-refractivity contribution is 7.73. The van der Waals surface area contributed by atoms with Gasteiger partial charge in [-0.1, -0.05) is 17.7 Å². The zero-order valence-corrected chi connectivity index (χ0v) is 17.0. The maximum Gasteiger partial charge on any atom is 0.258 e. The second-order valence-corrected chi connectivity index (χ2v) is 7.64. The lowest BCUT2D eigenvalue weighted by Crippen LogP contribution is -2.07. The first-order valence-electron chi connectivity index (χ1n) is 8.47. The van der Waals surface area contributed by atoms with Crippen molar-refractivity contribution in [3.8, 4) is 11.9 Å². The van der Waals surface area contributed by atoms with Gasteiger partial charge in [0.25, 0.3) is 5.90 Å². The summed E-state index contributed by atoms with van der Waals surface area (Å²) in [5, 5.41) is 19.8. The summed E-state index contributed by atoms with van der Waals surface area (Å²) >= 11 is 6.56. The van der Waals surface area contributed by atoms with Crippen LogP contribution in [0.5, 0.6) is 5.88 Å². The van der Waals surface area contributed by atoms with E-state index >= 15 is 0 Å². The van der Waals surface area contributed by atoms with Gasteiger partial charge in [-0.3, -0.25) is 4.57 Å². The molecule has 144 valence electrons. The second-order valence-electron chi connectivity index (χ2n) is 5.96. The van der Waals surface area contributed by atoms with E-state index in [0.29, 0.717) is 27.7 Å². The van der Waals surface area contributed by atoms with Gasteiger partial charge in [-0.05, 0) is 37.7 Å². The van der Waals surface area contributed by atoms with Crippen LogP contribution < -0.4 is 0 Å². The van der Waals surface area contributed by atoms with Crippen LogP contribution >= 0.6 is 23.6 Å². The molecular weight excluding hydrogens is 396 g/mol. The average Bonchev–Trinajstić information content (AvgIpc) is 3.18. The Balaban J connectivity index is 1.85. The molecule has 0 radical (unpaired) electrons. The van der Waals surface area contributed by atoms with E-state index in [2.05, 4.69) is 9.98 Å². The van der Waals surface area contributed by atoms with E-state index in [1.807, 2.05) is 37.3 Å². The van der Waals surface area contributed by atoms with Crippen molar-refractivity contribution in [3.63, 3.8) is 0 Å². The lowest BCUT2D eigenvalue weighted by molar-refractivity contribution is 0.189. The first kappa shape index (κ1) is 19.9. The number of nitriles is 1. The van der Waals surface area contributed by atoms with Gasteiger partial charge in [0.2, 0.25) is 17.5 Å². The summed E-state index contributed by atoms with van der Waals surface area (Å²) in [7, 11) is 1.63. The third-order valence-electron chi connectivity index (χ3n) is 3.87. The molecule has 1 N–H and O–H groups in total. The Morgan fingerprint density at radius 3 is 2.86 bits per heavy atom. The molecule has 1 aliphatic rings. The first-order chi connectivity index (χ1) is 13.5. The zero-order valence-electron chi connectivity index (χ0n) is 15.4. The van der Waals surface area contributed by atoms with Crippen molar-refractivity contribution in [1.29, 1.82) is 5.26 Å². The molecule has 1 aliphatic heterocycles. The SMILES string of the molecule is COCCCn1c(O)c(/C=C2\N=C(C#N)C(=Nc3ccc(C)cc3)O2)sc1=S. The lowest BCUT2D eigenvalue weighted by atomic mass is 10.2. The van der Waals surface area contributed by atoms with Crippen molar-refractivity contribution in [1.82, 2.24) is 4.57 Å². The number of aromatic nitrogens is 1. The third kappa shape index (κ3) is 4.54. The standard InChI is InChI=1S/C19H18N4O3S2/c1-12-4-6-13(7-5-12)21-17-14(11-20)22-16(26-17)10-15-18(24)23(19(27)28-15)8-3-9-25-2/h4-7,10,24H,3,8-9H2,1-2H3/b16-10+,21-17?. The molecule has 1 aromatic heterocycles. The normalized spacial score (nSPS) is 16.2. The average molecular weight is 415 g/mol. The molecule has 0 aliphatic carbocycles. The van der Waals surface area contributed by atoms with Gasteiger partial charge in [0, 0.05) is 26.3 Å². The van der Waals surface area contributed by atoms with Crippen LogP contribution in [0.15, 0.2) is 40.1 Å². The highest BCUT2D eigenvalue weighted by Gasteiger charge is 2.23. The molecule has 0 spiro atoms. The Kier molecular flexibility index (Phi) is 6.36. The van der Waals surface area contributed by atoms with Gasteiger partial charge in [-0.15, -0.1) is 11.3 Å². The van der Waals surface area contributed by atoms with Crippen molar-refractivity contribution in [2.75, 3.05) is 13.7 Å². The predicted octanol–water partition coefficient (Wildman–Crippen LogP) is 4.35. The highest BCUT2D eigenvalue weighted by Crippen LogP contribution is 2.30. The summed E-state index contributed by atoms with van der Waals surface area (Å²) in [4.78, 5) is 9.00. The Morgan fingerprint density at radius 1 is 1.43 bits per heavy atom.